The van der Waals surface area contributed by atoms with Crippen LogP contribution in [0.15, 0.2) is 23.1 Å². The fourth-order valence-corrected chi connectivity index (χ4v) is 5.31. The van der Waals surface area contributed by atoms with Crippen molar-refractivity contribution in [2.75, 3.05) is 0 Å². The highest BCUT2D eigenvalue weighted by atomic mass is 32.9. The van der Waals surface area contributed by atoms with Crippen LogP contribution in [0.3, 0.4) is 0 Å². The minimum Gasteiger partial charge on any atom is -0.304 e. The molecule has 2 N–H and O–H groups in total. The molecule has 0 amide bonds. The number of unbranched alkanes of at least 4 members (excludes halogenated alkanes) is 4. The normalized spacial score (nSPS) is 11.7. The number of thiol groups is 1. The summed E-state index contributed by atoms with van der Waals surface area (Å²) < 4.78 is 0. The topological polar surface area (TPSA) is 40.5 Å². The van der Waals surface area contributed by atoms with Crippen LogP contribution in [0.1, 0.15) is 63.5 Å². The average molecular weight is 348 g/mol. The van der Waals surface area contributed by atoms with E-state index in [4.69, 9.17) is 0 Å². The molecule has 0 atom stereocenters. The molecular weight excluding hydrogens is 319 g/mol. The molecule has 0 saturated heterocycles. The first kappa shape index (κ1) is 19.2. The Morgan fingerprint density at radius 2 is 1.62 bits per heavy atom. The van der Waals surface area contributed by atoms with E-state index in [1.807, 2.05) is 12.1 Å². The third-order valence-electron chi connectivity index (χ3n) is 3.53. The summed E-state index contributed by atoms with van der Waals surface area (Å²) in [5.74, 6) is 0. The molecule has 0 unspecified atom stereocenters. The number of aryl methyl sites for hydroxylation is 1. The zero-order chi connectivity index (χ0) is 15.7. The first-order valence-corrected chi connectivity index (χ1v) is 12.1. The van der Waals surface area contributed by atoms with E-state index in [2.05, 4.69) is 32.2 Å². The van der Waals surface area contributed by atoms with Gasteiger partial charge in [-0.15, -0.1) is 0 Å². The van der Waals surface area contributed by atoms with Gasteiger partial charge in [-0.05, 0) is 43.5 Å². The fraction of sp³-hybridized carbons (Fsp3) is 0.625. The molecule has 0 aromatic heterocycles. The molecule has 0 spiro atoms. The van der Waals surface area contributed by atoms with Crippen molar-refractivity contribution in [1.29, 1.82) is 0 Å². The zero-order valence-electron chi connectivity index (χ0n) is 13.1. The van der Waals surface area contributed by atoms with Crippen molar-refractivity contribution in [2.45, 2.75) is 70.1 Å². The summed E-state index contributed by atoms with van der Waals surface area (Å²) in [6.45, 7) is 4.42. The number of hydrogen-bond donors (Lipinski definition) is 3. The van der Waals surface area contributed by atoms with Gasteiger partial charge < -0.3 is 9.79 Å². The standard InChI is InChI=1S/C16H28O2PS2/c1-3-5-7-10-14-11-9-13-16(21-19(17,18)20)15(14)12-8-6-4-2/h9,11,13,17-18,20H,3-8,10,12H2,1-2H3/q+1. The van der Waals surface area contributed by atoms with Gasteiger partial charge in [0.25, 0.3) is 10.9 Å². The Hall–Kier alpha value is 0.140. The number of rotatable bonds is 9. The maximum Gasteiger partial charge on any atom is 0.434 e. The molecule has 0 radical (unpaired) electrons. The largest absolute Gasteiger partial charge is 0.434 e. The monoisotopic (exact) mass is 347 g/mol. The molecular formula is C16H28O2PS2+. The van der Waals surface area contributed by atoms with Gasteiger partial charge in [0, 0.05) is 11.6 Å². The summed E-state index contributed by atoms with van der Waals surface area (Å²) >= 11 is 3.93. The molecule has 120 valence electrons. The van der Waals surface area contributed by atoms with E-state index in [1.165, 1.54) is 43.2 Å². The van der Waals surface area contributed by atoms with Crippen LogP contribution in [0.4, 0.5) is 0 Å². The minimum atomic E-state index is -3.14. The van der Waals surface area contributed by atoms with Crippen molar-refractivity contribution < 1.29 is 9.79 Å². The summed E-state index contributed by atoms with van der Waals surface area (Å²) in [7, 11) is 1.13. The molecule has 0 aliphatic carbocycles. The maximum atomic E-state index is 9.67. The van der Waals surface area contributed by atoms with Gasteiger partial charge in [0.1, 0.15) is 0 Å². The van der Waals surface area contributed by atoms with Gasteiger partial charge in [-0.25, -0.2) is 0 Å². The quantitative estimate of drug-likeness (QED) is 0.249. The van der Waals surface area contributed by atoms with E-state index in [9.17, 15) is 9.79 Å². The summed E-state index contributed by atoms with van der Waals surface area (Å²) in [6.07, 6.45) is 9.34. The lowest BCUT2D eigenvalue weighted by atomic mass is 9.97. The van der Waals surface area contributed by atoms with E-state index < -0.39 is 5.69 Å². The molecule has 1 aromatic rings. The third kappa shape index (κ3) is 7.80. The average Bonchev–Trinajstić information content (AvgIpc) is 2.40. The zero-order valence-corrected chi connectivity index (χ0v) is 15.7. The summed E-state index contributed by atoms with van der Waals surface area (Å²) in [4.78, 5) is 20.3. The van der Waals surface area contributed by atoms with Gasteiger partial charge in [0.05, 0.1) is 0 Å². The van der Waals surface area contributed by atoms with Crippen LogP contribution < -0.4 is 0 Å². The molecule has 0 fully saturated rings. The Bertz CT molecular complexity index is 475. The second-order valence-corrected chi connectivity index (χ2v) is 11.6. The number of benzene rings is 1. The predicted molar refractivity (Wildman–Crippen MR) is 98.9 cm³/mol. The number of hydrogen-bond acceptors (Lipinski definition) is 0. The van der Waals surface area contributed by atoms with Crippen LogP contribution >= 0.6 is 17.9 Å². The van der Waals surface area contributed by atoms with Gasteiger partial charge in [-0.1, -0.05) is 51.7 Å². The Balaban J connectivity index is 3.02. The van der Waals surface area contributed by atoms with Crippen molar-refractivity contribution in [2.24, 2.45) is 0 Å². The van der Waals surface area contributed by atoms with Gasteiger partial charge in [-0.3, -0.25) is 0 Å². The van der Waals surface area contributed by atoms with Crippen molar-refractivity contribution in [3.05, 3.63) is 29.3 Å². The second-order valence-electron chi connectivity index (χ2n) is 5.41. The maximum absolute atomic E-state index is 9.67. The van der Waals surface area contributed by atoms with E-state index in [0.29, 0.717) is 0 Å². The lowest BCUT2D eigenvalue weighted by Crippen LogP contribution is -1.99. The van der Waals surface area contributed by atoms with Gasteiger partial charge >= 0.3 is 5.69 Å². The Morgan fingerprint density at radius 3 is 2.19 bits per heavy atom. The molecule has 5 heteroatoms. The van der Waals surface area contributed by atoms with Crippen LogP contribution in [-0.2, 0) is 23.8 Å². The van der Waals surface area contributed by atoms with Crippen LogP contribution in [-0.4, -0.2) is 9.79 Å². The molecule has 0 saturated carbocycles. The molecule has 21 heavy (non-hydrogen) atoms. The highest BCUT2D eigenvalue weighted by molar-refractivity contribution is 8.62. The lowest BCUT2D eigenvalue weighted by molar-refractivity contribution is 0.502. The van der Waals surface area contributed by atoms with Crippen molar-refractivity contribution in [1.82, 2.24) is 0 Å². The molecule has 0 bridgehead atoms. The van der Waals surface area contributed by atoms with E-state index in [1.54, 1.807) is 0 Å². The fourth-order valence-electron chi connectivity index (χ4n) is 2.46. The highest BCUT2D eigenvalue weighted by Gasteiger charge is 2.23. The first-order chi connectivity index (χ1) is 9.98. The Labute approximate surface area is 138 Å². The summed E-state index contributed by atoms with van der Waals surface area (Å²) in [5, 5.41) is 0. The Kier molecular flexibility index (Phi) is 9.15. The van der Waals surface area contributed by atoms with Crippen molar-refractivity contribution >= 4 is 28.9 Å². The van der Waals surface area contributed by atoms with Crippen LogP contribution in [0.25, 0.3) is 0 Å². The Morgan fingerprint density at radius 1 is 1.00 bits per heavy atom. The molecule has 2 nitrogen and oxygen atoms in total. The van der Waals surface area contributed by atoms with E-state index in [-0.39, 0.29) is 0 Å². The highest BCUT2D eigenvalue weighted by Crippen LogP contribution is 2.45. The molecule has 1 rings (SSSR count). The third-order valence-corrected chi connectivity index (χ3v) is 6.41. The minimum absolute atomic E-state index is 0.994. The SMILES string of the molecule is CCCCCc1cccc([S+]=P(O)(O)S)c1CCCCC. The van der Waals surface area contributed by atoms with Gasteiger partial charge in [0.2, 0.25) is 4.90 Å². The molecule has 0 heterocycles. The van der Waals surface area contributed by atoms with Crippen molar-refractivity contribution in [3.63, 3.8) is 0 Å². The van der Waals surface area contributed by atoms with Crippen LogP contribution in [0, 0.1) is 0 Å². The second kappa shape index (κ2) is 10.0. The van der Waals surface area contributed by atoms with Crippen LogP contribution in [0.5, 0.6) is 0 Å². The van der Waals surface area contributed by atoms with Gasteiger partial charge in [-0.2, -0.15) is 0 Å². The molecule has 1 aromatic carbocycles. The van der Waals surface area contributed by atoms with Crippen LogP contribution in [0.2, 0.25) is 0 Å². The van der Waals surface area contributed by atoms with E-state index >= 15 is 0 Å². The van der Waals surface area contributed by atoms with E-state index in [0.717, 1.165) is 35.1 Å². The van der Waals surface area contributed by atoms with Gasteiger partial charge in [0.15, 0.2) is 0 Å². The predicted octanol–water partition coefficient (Wildman–Crippen LogP) is 5.19. The molecule has 0 aliphatic heterocycles. The summed E-state index contributed by atoms with van der Waals surface area (Å²) in [6, 6.07) is 6.21. The molecule has 0 aliphatic rings. The van der Waals surface area contributed by atoms with Crippen molar-refractivity contribution in [3.8, 4) is 0 Å². The smallest absolute Gasteiger partial charge is 0.304 e. The first-order valence-electron chi connectivity index (χ1n) is 7.85. The lowest BCUT2D eigenvalue weighted by Gasteiger charge is -2.09. The summed E-state index contributed by atoms with van der Waals surface area (Å²) in [5.41, 5.74) is -0.477.